The average molecular weight is 471 g/mol. The molecule has 0 unspecified atom stereocenters. The number of halogens is 1. The summed E-state index contributed by atoms with van der Waals surface area (Å²) in [6, 6.07) is 24.5. The van der Waals surface area contributed by atoms with Gasteiger partial charge in [0.15, 0.2) is 0 Å². The van der Waals surface area contributed by atoms with Crippen molar-refractivity contribution in [1.82, 2.24) is 14.7 Å². The van der Waals surface area contributed by atoms with Crippen LogP contribution in [0.15, 0.2) is 84.9 Å². The summed E-state index contributed by atoms with van der Waals surface area (Å²) in [5.74, 6) is -0.804. The lowest BCUT2D eigenvalue weighted by Gasteiger charge is -2.26. The fraction of sp³-hybridized carbons (Fsp3) is 0.179. The molecular formula is C28H27FN4O2. The fourth-order valence-electron chi connectivity index (χ4n) is 3.72. The summed E-state index contributed by atoms with van der Waals surface area (Å²) >= 11 is 0. The zero-order valence-corrected chi connectivity index (χ0v) is 19.9. The van der Waals surface area contributed by atoms with Crippen molar-refractivity contribution in [2.75, 3.05) is 11.9 Å². The zero-order valence-electron chi connectivity index (χ0n) is 19.9. The number of carbonyl (C=O) groups is 2. The molecule has 35 heavy (non-hydrogen) atoms. The van der Waals surface area contributed by atoms with Gasteiger partial charge in [-0.1, -0.05) is 54.1 Å². The maximum absolute atomic E-state index is 13.7. The van der Waals surface area contributed by atoms with Crippen LogP contribution in [0.4, 0.5) is 10.2 Å². The van der Waals surface area contributed by atoms with Gasteiger partial charge >= 0.3 is 0 Å². The molecule has 2 amide bonds. The highest BCUT2D eigenvalue weighted by molar-refractivity contribution is 5.99. The van der Waals surface area contributed by atoms with Crippen molar-refractivity contribution >= 4 is 17.6 Å². The van der Waals surface area contributed by atoms with Gasteiger partial charge in [-0.15, -0.1) is 0 Å². The van der Waals surface area contributed by atoms with E-state index in [1.165, 1.54) is 29.2 Å². The molecule has 1 heterocycles. The zero-order chi connectivity index (χ0) is 24.9. The SMILES string of the molecule is Cc1ccc(-n2nc(-c3ccccc3)cc2NC(=O)CN(C(=O)c2cccc(F)c2)C(C)C)cc1. The predicted octanol–water partition coefficient (Wildman–Crippen LogP) is 5.48. The molecule has 0 fully saturated rings. The van der Waals surface area contributed by atoms with Crippen molar-refractivity contribution in [3.8, 4) is 16.9 Å². The van der Waals surface area contributed by atoms with Crippen LogP contribution in [0.3, 0.4) is 0 Å². The fourth-order valence-corrected chi connectivity index (χ4v) is 3.72. The number of aryl methyl sites for hydroxylation is 1. The van der Waals surface area contributed by atoms with Crippen molar-refractivity contribution in [1.29, 1.82) is 0 Å². The van der Waals surface area contributed by atoms with E-state index in [1.54, 1.807) is 10.7 Å². The first-order valence-electron chi connectivity index (χ1n) is 11.4. The Balaban J connectivity index is 1.61. The van der Waals surface area contributed by atoms with E-state index in [4.69, 9.17) is 5.10 Å². The smallest absolute Gasteiger partial charge is 0.254 e. The lowest BCUT2D eigenvalue weighted by molar-refractivity contribution is -0.117. The van der Waals surface area contributed by atoms with Crippen LogP contribution in [-0.4, -0.2) is 39.1 Å². The topological polar surface area (TPSA) is 67.2 Å². The van der Waals surface area contributed by atoms with Crippen molar-refractivity contribution < 1.29 is 14.0 Å². The Bertz CT molecular complexity index is 1330. The molecule has 0 saturated carbocycles. The first-order chi connectivity index (χ1) is 16.8. The van der Waals surface area contributed by atoms with Gasteiger partial charge in [-0.05, 0) is 51.1 Å². The van der Waals surface area contributed by atoms with Gasteiger partial charge in [0.2, 0.25) is 5.91 Å². The molecule has 0 aliphatic rings. The Morgan fingerprint density at radius 1 is 0.971 bits per heavy atom. The van der Waals surface area contributed by atoms with Gasteiger partial charge in [0, 0.05) is 23.2 Å². The maximum atomic E-state index is 13.7. The number of benzene rings is 3. The highest BCUT2D eigenvalue weighted by Crippen LogP contribution is 2.25. The quantitative estimate of drug-likeness (QED) is 0.389. The molecule has 0 bridgehead atoms. The van der Waals surface area contributed by atoms with E-state index >= 15 is 0 Å². The molecule has 3 aromatic carbocycles. The summed E-state index contributed by atoms with van der Waals surface area (Å²) in [6.45, 7) is 5.44. The second-order valence-corrected chi connectivity index (χ2v) is 8.61. The monoisotopic (exact) mass is 470 g/mol. The Morgan fingerprint density at radius 2 is 1.69 bits per heavy atom. The number of hydrogen-bond donors (Lipinski definition) is 1. The van der Waals surface area contributed by atoms with Crippen molar-refractivity contribution in [2.24, 2.45) is 0 Å². The van der Waals surface area contributed by atoms with Crippen LogP contribution < -0.4 is 5.32 Å². The minimum atomic E-state index is -0.501. The molecule has 0 aliphatic heterocycles. The summed E-state index contributed by atoms with van der Waals surface area (Å²) < 4.78 is 15.3. The van der Waals surface area contributed by atoms with Crippen LogP contribution in [-0.2, 0) is 4.79 Å². The van der Waals surface area contributed by atoms with E-state index in [-0.39, 0.29) is 24.1 Å². The van der Waals surface area contributed by atoms with Crippen molar-refractivity contribution in [2.45, 2.75) is 26.8 Å². The molecule has 178 valence electrons. The number of rotatable bonds is 7. The van der Waals surface area contributed by atoms with Crippen molar-refractivity contribution in [3.05, 3.63) is 102 Å². The van der Waals surface area contributed by atoms with Crippen LogP contribution >= 0.6 is 0 Å². The molecule has 6 nitrogen and oxygen atoms in total. The minimum absolute atomic E-state index is 0.188. The van der Waals surface area contributed by atoms with Crippen LogP contribution in [0.5, 0.6) is 0 Å². The van der Waals surface area contributed by atoms with Gasteiger partial charge in [0.1, 0.15) is 18.2 Å². The van der Waals surface area contributed by atoms with E-state index in [2.05, 4.69) is 5.32 Å². The van der Waals surface area contributed by atoms with E-state index in [0.717, 1.165) is 16.8 Å². The van der Waals surface area contributed by atoms with Gasteiger partial charge in [0.25, 0.3) is 5.91 Å². The standard InChI is InChI=1S/C28H27FN4O2/c1-19(2)32(28(35)22-10-7-11-23(29)16-22)18-27(34)30-26-17-25(21-8-5-4-6-9-21)31-33(26)24-14-12-20(3)13-15-24/h4-17,19H,18H2,1-3H3,(H,30,34). The number of aromatic nitrogens is 2. The largest absolute Gasteiger partial charge is 0.327 e. The highest BCUT2D eigenvalue weighted by atomic mass is 19.1. The third-order valence-corrected chi connectivity index (χ3v) is 5.59. The average Bonchev–Trinajstić information content (AvgIpc) is 3.26. The number of amides is 2. The second-order valence-electron chi connectivity index (χ2n) is 8.61. The molecule has 4 aromatic rings. The highest BCUT2D eigenvalue weighted by Gasteiger charge is 2.23. The summed E-state index contributed by atoms with van der Waals surface area (Å²) in [6.07, 6.45) is 0. The molecule has 7 heteroatoms. The number of carbonyl (C=O) groups excluding carboxylic acids is 2. The third kappa shape index (κ3) is 5.63. The minimum Gasteiger partial charge on any atom is -0.327 e. The molecule has 0 saturated heterocycles. The Hall–Kier alpha value is -4.26. The molecule has 0 spiro atoms. The Morgan fingerprint density at radius 3 is 2.34 bits per heavy atom. The number of nitrogens with zero attached hydrogens (tertiary/aromatic N) is 3. The Kier molecular flexibility index (Phi) is 7.06. The first-order valence-corrected chi connectivity index (χ1v) is 11.4. The second kappa shape index (κ2) is 10.3. The number of nitrogens with one attached hydrogen (secondary N) is 1. The summed E-state index contributed by atoms with van der Waals surface area (Å²) in [4.78, 5) is 27.5. The third-order valence-electron chi connectivity index (χ3n) is 5.59. The predicted molar refractivity (Wildman–Crippen MR) is 135 cm³/mol. The summed E-state index contributed by atoms with van der Waals surface area (Å²) in [5.41, 5.74) is 3.72. The normalized spacial score (nSPS) is 10.9. The van der Waals surface area contributed by atoms with Gasteiger partial charge in [-0.2, -0.15) is 5.10 Å². The van der Waals surface area contributed by atoms with Crippen LogP contribution in [0.25, 0.3) is 16.9 Å². The van der Waals surface area contributed by atoms with Crippen LogP contribution in [0, 0.1) is 12.7 Å². The van der Waals surface area contributed by atoms with E-state index in [9.17, 15) is 14.0 Å². The molecule has 0 aliphatic carbocycles. The van der Waals surface area contributed by atoms with Crippen molar-refractivity contribution in [3.63, 3.8) is 0 Å². The van der Waals surface area contributed by atoms with Crippen LogP contribution in [0.1, 0.15) is 29.8 Å². The lowest BCUT2D eigenvalue weighted by Crippen LogP contribution is -2.42. The summed E-state index contributed by atoms with van der Waals surface area (Å²) in [7, 11) is 0. The van der Waals surface area contributed by atoms with Gasteiger partial charge in [-0.3, -0.25) is 9.59 Å². The van der Waals surface area contributed by atoms with Gasteiger partial charge < -0.3 is 10.2 Å². The van der Waals surface area contributed by atoms with E-state index in [1.807, 2.05) is 75.4 Å². The van der Waals surface area contributed by atoms with Gasteiger partial charge in [-0.25, -0.2) is 9.07 Å². The Labute approximate surface area is 204 Å². The summed E-state index contributed by atoms with van der Waals surface area (Å²) in [5, 5.41) is 7.63. The molecule has 0 radical (unpaired) electrons. The van der Waals surface area contributed by atoms with Crippen LogP contribution in [0.2, 0.25) is 0 Å². The van der Waals surface area contributed by atoms with Gasteiger partial charge in [0.05, 0.1) is 11.4 Å². The molecule has 1 N–H and O–H groups in total. The molecule has 1 aromatic heterocycles. The first kappa shape index (κ1) is 23.9. The molecule has 4 rings (SSSR count). The maximum Gasteiger partial charge on any atom is 0.254 e. The molecule has 0 atom stereocenters. The number of anilines is 1. The van der Waals surface area contributed by atoms with E-state index in [0.29, 0.717) is 11.5 Å². The lowest BCUT2D eigenvalue weighted by atomic mass is 10.1. The molecular weight excluding hydrogens is 443 g/mol. The van der Waals surface area contributed by atoms with E-state index < -0.39 is 11.7 Å². The number of hydrogen-bond acceptors (Lipinski definition) is 3.